The zero-order valence-corrected chi connectivity index (χ0v) is 11.2. The molecule has 0 heterocycles. The highest BCUT2D eigenvalue weighted by Gasteiger charge is 2.81. The zero-order valence-electron chi connectivity index (χ0n) is 11.2. The van der Waals surface area contributed by atoms with Crippen molar-refractivity contribution in [2.75, 3.05) is 7.11 Å². The van der Waals surface area contributed by atoms with Crippen LogP contribution in [0, 0.1) is 5.92 Å². The average molecular weight is 262 g/mol. The van der Waals surface area contributed by atoms with Crippen molar-refractivity contribution in [3.8, 4) is 0 Å². The molecule has 0 amide bonds. The van der Waals surface area contributed by atoms with E-state index in [-0.39, 0.29) is 5.97 Å². The van der Waals surface area contributed by atoms with Crippen molar-refractivity contribution in [3.63, 3.8) is 0 Å². The molecule has 0 spiro atoms. The highest BCUT2D eigenvalue weighted by atomic mass is 16.5. The van der Waals surface area contributed by atoms with E-state index in [9.17, 15) is 4.79 Å². The van der Waals surface area contributed by atoms with Gasteiger partial charge >= 0.3 is 5.97 Å². The van der Waals surface area contributed by atoms with Crippen LogP contribution in [0.15, 0.2) is 48.5 Å². The molecule has 98 valence electrons. The van der Waals surface area contributed by atoms with Gasteiger partial charge in [-0.2, -0.15) is 0 Å². The van der Waals surface area contributed by atoms with Gasteiger partial charge in [-0.3, -0.25) is 4.79 Å². The fraction of sp³-hybridized carbons (Fsp3) is 0.278. The van der Waals surface area contributed by atoms with Crippen LogP contribution in [0.2, 0.25) is 0 Å². The third kappa shape index (κ3) is 0.866. The summed E-state index contributed by atoms with van der Waals surface area (Å²) in [5.74, 6) is 1.03. The highest BCUT2D eigenvalue weighted by Crippen LogP contribution is 2.81. The van der Waals surface area contributed by atoms with Gasteiger partial charge in [-0.15, -0.1) is 0 Å². The molecule has 5 rings (SSSR count). The first-order valence-electron chi connectivity index (χ1n) is 7.08. The third-order valence-electron chi connectivity index (χ3n) is 5.56. The Morgan fingerprint density at radius 2 is 1.65 bits per heavy atom. The molecule has 0 unspecified atom stereocenters. The first-order valence-corrected chi connectivity index (χ1v) is 7.08. The normalized spacial score (nSPS) is 34.1. The number of carbonyl (C=O) groups is 1. The van der Waals surface area contributed by atoms with Crippen molar-refractivity contribution in [2.45, 2.75) is 17.3 Å². The van der Waals surface area contributed by atoms with E-state index in [2.05, 4.69) is 42.5 Å². The largest absolute Gasteiger partial charge is 0.468 e. The van der Waals surface area contributed by atoms with Crippen LogP contribution in [0.4, 0.5) is 0 Å². The summed E-state index contributed by atoms with van der Waals surface area (Å²) in [4.78, 5) is 12.5. The number of hydrogen-bond donors (Lipinski definition) is 0. The summed E-state index contributed by atoms with van der Waals surface area (Å²) in [6.07, 6.45) is 0. The lowest BCUT2D eigenvalue weighted by atomic mass is 9.90. The Bertz CT molecular complexity index is 764. The molecule has 3 aliphatic carbocycles. The summed E-state index contributed by atoms with van der Waals surface area (Å²) in [7, 11) is 1.51. The summed E-state index contributed by atoms with van der Waals surface area (Å²) in [5, 5.41) is 0. The molecule has 1 saturated carbocycles. The summed E-state index contributed by atoms with van der Waals surface area (Å²) in [5.41, 5.74) is 4.88. The maximum Gasteiger partial charge on any atom is 0.317 e. The quantitative estimate of drug-likeness (QED) is 0.739. The number of hydrogen-bond acceptors (Lipinski definition) is 2. The Kier molecular flexibility index (Phi) is 1.68. The van der Waals surface area contributed by atoms with Gasteiger partial charge in [-0.25, -0.2) is 0 Å². The number of methoxy groups -OCH3 is 1. The standard InChI is InChI=1S/C18H14O2/c1-20-17(19)18-13-9-5-4-8-12(13)14-10-6-2-3-7-11(10)15(18)16(14)18/h2-9,14-16H,1H3/t14-,15+,16-,18+/m1/s1. The predicted molar refractivity (Wildman–Crippen MR) is 74.7 cm³/mol. The molecule has 2 aromatic carbocycles. The number of esters is 1. The van der Waals surface area contributed by atoms with Gasteiger partial charge in [0.2, 0.25) is 0 Å². The summed E-state index contributed by atoms with van der Waals surface area (Å²) in [6, 6.07) is 17.0. The lowest BCUT2D eigenvalue weighted by Gasteiger charge is -2.15. The summed E-state index contributed by atoms with van der Waals surface area (Å²) >= 11 is 0. The van der Waals surface area contributed by atoms with E-state index in [4.69, 9.17) is 4.74 Å². The molecule has 2 heteroatoms. The van der Waals surface area contributed by atoms with E-state index >= 15 is 0 Å². The lowest BCUT2D eigenvalue weighted by Crippen LogP contribution is -2.25. The number of fused-ring (bicyclic) bond motifs is 7. The molecule has 4 atom stereocenters. The van der Waals surface area contributed by atoms with Gasteiger partial charge in [0.05, 0.1) is 7.11 Å². The topological polar surface area (TPSA) is 26.3 Å². The molecule has 2 aromatic rings. The molecule has 3 aliphatic rings. The molecule has 0 aromatic heterocycles. The van der Waals surface area contributed by atoms with E-state index in [1.165, 1.54) is 29.4 Å². The Morgan fingerprint density at radius 3 is 2.40 bits per heavy atom. The Labute approximate surface area is 117 Å². The van der Waals surface area contributed by atoms with E-state index in [1.807, 2.05) is 6.07 Å². The first kappa shape index (κ1) is 10.7. The van der Waals surface area contributed by atoms with Crippen LogP contribution in [0.25, 0.3) is 0 Å². The van der Waals surface area contributed by atoms with Gasteiger partial charge in [0.1, 0.15) is 5.41 Å². The summed E-state index contributed by atoms with van der Waals surface area (Å²) < 4.78 is 5.16. The lowest BCUT2D eigenvalue weighted by molar-refractivity contribution is -0.144. The number of benzene rings is 2. The Morgan fingerprint density at radius 1 is 1.00 bits per heavy atom. The van der Waals surface area contributed by atoms with Crippen molar-refractivity contribution < 1.29 is 9.53 Å². The molecular formula is C18H14O2. The van der Waals surface area contributed by atoms with Gasteiger partial charge in [0.15, 0.2) is 0 Å². The highest BCUT2D eigenvalue weighted by molar-refractivity contribution is 5.95. The van der Waals surface area contributed by atoms with Gasteiger partial charge in [0.25, 0.3) is 0 Å². The maximum atomic E-state index is 12.5. The number of carbonyl (C=O) groups excluding carboxylic acids is 1. The summed E-state index contributed by atoms with van der Waals surface area (Å²) in [6.45, 7) is 0. The molecular weight excluding hydrogens is 248 g/mol. The van der Waals surface area contributed by atoms with Crippen molar-refractivity contribution in [2.24, 2.45) is 5.92 Å². The van der Waals surface area contributed by atoms with Crippen LogP contribution in [0.5, 0.6) is 0 Å². The van der Waals surface area contributed by atoms with Gasteiger partial charge < -0.3 is 4.74 Å². The first-order chi connectivity index (χ1) is 9.81. The maximum absolute atomic E-state index is 12.5. The minimum Gasteiger partial charge on any atom is -0.468 e. The number of ether oxygens (including phenoxy) is 1. The van der Waals surface area contributed by atoms with Crippen LogP contribution in [-0.4, -0.2) is 13.1 Å². The van der Waals surface area contributed by atoms with Crippen molar-refractivity contribution >= 4 is 5.97 Å². The van der Waals surface area contributed by atoms with Crippen LogP contribution in [0.3, 0.4) is 0 Å². The molecule has 0 N–H and O–H groups in total. The Balaban J connectivity index is 1.84. The van der Waals surface area contributed by atoms with E-state index < -0.39 is 5.41 Å². The van der Waals surface area contributed by atoms with E-state index in [0.29, 0.717) is 17.8 Å². The SMILES string of the molecule is COC(=O)[C@@]12c3ccccc3[C@H]3c4ccccc4[C@H]1[C@@H]32. The smallest absolute Gasteiger partial charge is 0.317 e. The van der Waals surface area contributed by atoms with E-state index in [0.717, 1.165) is 0 Å². The molecule has 0 aliphatic heterocycles. The Hall–Kier alpha value is -2.09. The molecule has 0 bridgehead atoms. The minimum atomic E-state index is -0.398. The van der Waals surface area contributed by atoms with Gasteiger partial charge in [0, 0.05) is 11.8 Å². The average Bonchev–Trinajstić information content (AvgIpc) is 2.96. The van der Waals surface area contributed by atoms with Gasteiger partial charge in [-0.1, -0.05) is 48.5 Å². The molecule has 0 radical (unpaired) electrons. The van der Waals surface area contributed by atoms with Gasteiger partial charge in [-0.05, 0) is 28.2 Å². The zero-order chi connectivity index (χ0) is 13.5. The van der Waals surface area contributed by atoms with Crippen LogP contribution in [0.1, 0.15) is 34.1 Å². The van der Waals surface area contributed by atoms with Crippen molar-refractivity contribution in [3.05, 3.63) is 70.8 Å². The molecule has 1 fully saturated rings. The monoisotopic (exact) mass is 262 g/mol. The minimum absolute atomic E-state index is 0.0584. The molecule has 20 heavy (non-hydrogen) atoms. The van der Waals surface area contributed by atoms with E-state index in [1.54, 1.807) is 0 Å². The van der Waals surface area contributed by atoms with Crippen molar-refractivity contribution in [1.29, 1.82) is 0 Å². The molecule has 2 nitrogen and oxygen atoms in total. The van der Waals surface area contributed by atoms with Crippen LogP contribution < -0.4 is 0 Å². The van der Waals surface area contributed by atoms with Crippen molar-refractivity contribution in [1.82, 2.24) is 0 Å². The second-order valence-corrected chi connectivity index (χ2v) is 6.06. The fourth-order valence-electron chi connectivity index (χ4n) is 4.97. The van der Waals surface area contributed by atoms with Crippen LogP contribution >= 0.6 is 0 Å². The van der Waals surface area contributed by atoms with Crippen LogP contribution in [-0.2, 0) is 14.9 Å². The fourth-order valence-corrected chi connectivity index (χ4v) is 4.97. The second kappa shape index (κ2) is 3.14. The third-order valence-corrected chi connectivity index (χ3v) is 5.56. The number of rotatable bonds is 1. The molecule has 0 saturated heterocycles. The second-order valence-electron chi connectivity index (χ2n) is 6.06. The predicted octanol–water partition coefficient (Wildman–Crippen LogP) is 2.97.